The maximum atomic E-state index is 12.0. The van der Waals surface area contributed by atoms with Gasteiger partial charge in [0.25, 0.3) is 0 Å². The quantitative estimate of drug-likeness (QED) is 0.653. The normalized spacial score (nSPS) is 11.2. The number of hydrogen-bond acceptors (Lipinski definition) is 2. The molecule has 0 atom stereocenters. The van der Waals surface area contributed by atoms with Crippen LogP contribution in [0, 0.1) is 0 Å². The lowest BCUT2D eigenvalue weighted by Gasteiger charge is -2.08. The Morgan fingerprint density at radius 3 is 2.37 bits per heavy atom. The third kappa shape index (κ3) is 3.70. The van der Waals surface area contributed by atoms with Gasteiger partial charge in [-0.25, -0.2) is 0 Å². The van der Waals surface area contributed by atoms with E-state index in [9.17, 15) is 4.79 Å². The molecular formula is C16H14ClNO. The van der Waals surface area contributed by atoms with Gasteiger partial charge in [0.1, 0.15) is 0 Å². The zero-order valence-electron chi connectivity index (χ0n) is 10.6. The number of ketones is 1. The van der Waals surface area contributed by atoms with Crippen molar-refractivity contribution in [1.82, 2.24) is 0 Å². The van der Waals surface area contributed by atoms with Crippen LogP contribution in [0.25, 0.3) is 0 Å². The number of anilines is 1. The summed E-state index contributed by atoms with van der Waals surface area (Å²) in [6.07, 6.45) is 1.57. The standard InChI is InChI=1S/C16H14ClNO/c1-12(18-15-10-6-5-9-14(15)17)11-16(19)13-7-3-2-4-8-13/h2-11,18H,1H3/b12-11-. The van der Waals surface area contributed by atoms with Crippen LogP contribution in [0.2, 0.25) is 5.02 Å². The predicted octanol–water partition coefficient (Wildman–Crippen LogP) is 4.54. The molecule has 0 amide bonds. The van der Waals surface area contributed by atoms with Crippen LogP contribution in [-0.2, 0) is 0 Å². The molecule has 2 aromatic rings. The van der Waals surface area contributed by atoms with Crippen molar-refractivity contribution in [2.75, 3.05) is 5.32 Å². The first-order chi connectivity index (χ1) is 9.16. The molecule has 0 spiro atoms. The molecule has 0 aliphatic carbocycles. The van der Waals surface area contributed by atoms with Gasteiger partial charge < -0.3 is 5.32 Å². The Kier molecular flexibility index (Phi) is 4.37. The number of rotatable bonds is 4. The highest BCUT2D eigenvalue weighted by molar-refractivity contribution is 6.33. The van der Waals surface area contributed by atoms with Gasteiger partial charge in [-0.15, -0.1) is 0 Å². The molecule has 0 saturated carbocycles. The highest BCUT2D eigenvalue weighted by Gasteiger charge is 2.03. The minimum Gasteiger partial charge on any atom is -0.358 e. The van der Waals surface area contributed by atoms with Gasteiger partial charge in [0.15, 0.2) is 5.78 Å². The van der Waals surface area contributed by atoms with Crippen molar-refractivity contribution < 1.29 is 4.79 Å². The first kappa shape index (κ1) is 13.4. The molecule has 2 aromatic carbocycles. The van der Waals surface area contributed by atoms with Gasteiger partial charge in [0.2, 0.25) is 0 Å². The summed E-state index contributed by atoms with van der Waals surface area (Å²) in [7, 11) is 0. The van der Waals surface area contributed by atoms with Gasteiger partial charge in [0.05, 0.1) is 10.7 Å². The van der Waals surface area contributed by atoms with Crippen LogP contribution in [0.4, 0.5) is 5.69 Å². The molecule has 0 unspecified atom stereocenters. The van der Waals surface area contributed by atoms with Crippen molar-refractivity contribution in [3.05, 3.63) is 77.0 Å². The number of hydrogen-bond donors (Lipinski definition) is 1. The molecule has 0 heterocycles. The maximum Gasteiger partial charge on any atom is 0.187 e. The van der Waals surface area contributed by atoms with E-state index in [0.717, 1.165) is 11.4 Å². The lowest BCUT2D eigenvalue weighted by molar-refractivity contribution is 0.104. The molecule has 2 nitrogen and oxygen atoms in total. The first-order valence-electron chi connectivity index (χ1n) is 5.96. The van der Waals surface area contributed by atoms with Gasteiger partial charge >= 0.3 is 0 Å². The molecule has 0 fully saturated rings. The molecular weight excluding hydrogens is 258 g/mol. The van der Waals surface area contributed by atoms with E-state index in [-0.39, 0.29) is 5.78 Å². The number of halogens is 1. The lowest BCUT2D eigenvalue weighted by Crippen LogP contribution is -2.01. The van der Waals surface area contributed by atoms with E-state index >= 15 is 0 Å². The summed E-state index contributed by atoms with van der Waals surface area (Å²) in [5.41, 5.74) is 2.21. The monoisotopic (exact) mass is 271 g/mol. The summed E-state index contributed by atoms with van der Waals surface area (Å²) in [5.74, 6) is -0.0300. The average Bonchev–Trinajstić information content (AvgIpc) is 2.42. The molecule has 0 saturated heterocycles. The molecule has 3 heteroatoms. The van der Waals surface area contributed by atoms with E-state index < -0.39 is 0 Å². The molecule has 0 aliphatic rings. The van der Waals surface area contributed by atoms with E-state index in [1.165, 1.54) is 0 Å². The Bertz CT molecular complexity index is 605. The van der Waals surface area contributed by atoms with Crippen molar-refractivity contribution in [2.45, 2.75) is 6.92 Å². The summed E-state index contributed by atoms with van der Waals surface area (Å²) in [6.45, 7) is 1.84. The zero-order valence-corrected chi connectivity index (χ0v) is 11.3. The number of allylic oxidation sites excluding steroid dienone is 2. The molecule has 0 radical (unpaired) electrons. The molecule has 0 aromatic heterocycles. The Morgan fingerprint density at radius 1 is 1.05 bits per heavy atom. The van der Waals surface area contributed by atoms with Crippen molar-refractivity contribution >= 4 is 23.1 Å². The third-order valence-corrected chi connectivity index (χ3v) is 2.94. The van der Waals surface area contributed by atoms with Crippen molar-refractivity contribution in [2.24, 2.45) is 0 Å². The second kappa shape index (κ2) is 6.21. The lowest BCUT2D eigenvalue weighted by atomic mass is 10.1. The van der Waals surface area contributed by atoms with Crippen LogP contribution < -0.4 is 5.32 Å². The summed E-state index contributed by atoms with van der Waals surface area (Å²) in [5, 5.41) is 3.75. The Morgan fingerprint density at radius 2 is 1.68 bits per heavy atom. The van der Waals surface area contributed by atoms with Crippen molar-refractivity contribution in [1.29, 1.82) is 0 Å². The molecule has 0 aliphatic heterocycles. The topological polar surface area (TPSA) is 29.1 Å². The van der Waals surface area contributed by atoms with Gasteiger partial charge in [-0.1, -0.05) is 54.1 Å². The molecule has 19 heavy (non-hydrogen) atoms. The number of para-hydroxylation sites is 1. The highest BCUT2D eigenvalue weighted by atomic mass is 35.5. The van der Waals surface area contributed by atoms with Gasteiger partial charge in [-0.3, -0.25) is 4.79 Å². The van der Waals surface area contributed by atoms with E-state index in [1.54, 1.807) is 24.3 Å². The average molecular weight is 272 g/mol. The van der Waals surface area contributed by atoms with Gasteiger partial charge in [-0.2, -0.15) is 0 Å². The fourth-order valence-corrected chi connectivity index (χ4v) is 1.88. The smallest absolute Gasteiger partial charge is 0.187 e. The SMILES string of the molecule is C/C(=C/C(=O)c1ccccc1)Nc1ccccc1Cl. The number of carbonyl (C=O) groups is 1. The second-order valence-electron chi connectivity index (χ2n) is 4.16. The summed E-state index contributed by atoms with van der Waals surface area (Å²) < 4.78 is 0. The highest BCUT2D eigenvalue weighted by Crippen LogP contribution is 2.21. The molecule has 2 rings (SSSR count). The predicted molar refractivity (Wildman–Crippen MR) is 79.6 cm³/mol. The van der Waals surface area contributed by atoms with E-state index in [4.69, 9.17) is 11.6 Å². The zero-order chi connectivity index (χ0) is 13.7. The van der Waals surface area contributed by atoms with Crippen LogP contribution in [0.1, 0.15) is 17.3 Å². The number of nitrogens with one attached hydrogen (secondary N) is 1. The van der Waals surface area contributed by atoms with Crippen LogP contribution >= 0.6 is 11.6 Å². The second-order valence-corrected chi connectivity index (χ2v) is 4.57. The number of benzene rings is 2. The van der Waals surface area contributed by atoms with E-state index in [2.05, 4.69) is 5.32 Å². The minimum atomic E-state index is -0.0300. The largest absolute Gasteiger partial charge is 0.358 e. The van der Waals surface area contributed by atoms with Crippen LogP contribution in [-0.4, -0.2) is 5.78 Å². The van der Waals surface area contributed by atoms with Gasteiger partial charge in [0, 0.05) is 17.3 Å². The fourth-order valence-electron chi connectivity index (χ4n) is 1.69. The van der Waals surface area contributed by atoms with E-state index in [1.807, 2.05) is 43.3 Å². The Labute approximate surface area is 117 Å². The summed E-state index contributed by atoms with van der Waals surface area (Å²) in [4.78, 5) is 12.0. The van der Waals surface area contributed by atoms with Crippen molar-refractivity contribution in [3.63, 3.8) is 0 Å². The molecule has 96 valence electrons. The van der Waals surface area contributed by atoms with Crippen LogP contribution in [0.15, 0.2) is 66.4 Å². The fraction of sp³-hybridized carbons (Fsp3) is 0.0625. The summed E-state index contributed by atoms with van der Waals surface area (Å²) >= 11 is 6.05. The Balaban J connectivity index is 2.12. The Hall–Kier alpha value is -2.06. The van der Waals surface area contributed by atoms with Crippen molar-refractivity contribution in [3.8, 4) is 0 Å². The van der Waals surface area contributed by atoms with Crippen LogP contribution in [0.3, 0.4) is 0 Å². The van der Waals surface area contributed by atoms with Gasteiger partial charge in [-0.05, 0) is 19.1 Å². The molecule has 1 N–H and O–H groups in total. The summed E-state index contributed by atoms with van der Waals surface area (Å²) in [6, 6.07) is 16.6. The maximum absolute atomic E-state index is 12.0. The van der Waals surface area contributed by atoms with E-state index in [0.29, 0.717) is 10.6 Å². The third-order valence-electron chi connectivity index (χ3n) is 2.61. The minimum absolute atomic E-state index is 0.0300. The van der Waals surface area contributed by atoms with Crippen LogP contribution in [0.5, 0.6) is 0 Å². The first-order valence-corrected chi connectivity index (χ1v) is 6.34. The molecule has 0 bridgehead atoms. The number of carbonyl (C=O) groups excluding carboxylic acids is 1.